The molecule has 2 aromatic carbocycles. The van der Waals surface area contributed by atoms with Gasteiger partial charge in [0.05, 0.1) is 0 Å². The van der Waals surface area contributed by atoms with Crippen molar-refractivity contribution in [2.75, 3.05) is 5.32 Å². The summed E-state index contributed by atoms with van der Waals surface area (Å²) < 4.78 is 0. The van der Waals surface area contributed by atoms with Gasteiger partial charge in [0.1, 0.15) is 0 Å². The van der Waals surface area contributed by atoms with Gasteiger partial charge >= 0.3 is 5.97 Å². The number of carbonyl (C=O) groups is 2. The van der Waals surface area contributed by atoms with Crippen LogP contribution in [0, 0.1) is 0 Å². The fraction of sp³-hybridized carbons (Fsp3) is 0.333. The largest absolute Gasteiger partial charge is 0.480 e. The van der Waals surface area contributed by atoms with Gasteiger partial charge in [-0.25, -0.2) is 0 Å². The number of carboxylic acids is 1. The van der Waals surface area contributed by atoms with Crippen molar-refractivity contribution in [2.45, 2.75) is 45.4 Å². The summed E-state index contributed by atoms with van der Waals surface area (Å²) in [5.41, 5.74) is 3.23. The van der Waals surface area contributed by atoms with Crippen LogP contribution >= 0.6 is 0 Å². The third-order valence-corrected chi connectivity index (χ3v) is 4.26. The maximum absolute atomic E-state index is 12.8. The highest BCUT2D eigenvalue weighted by Gasteiger charge is 2.29. The molecule has 1 amide bonds. The molecule has 0 aromatic heterocycles. The molecule has 0 fully saturated rings. The zero-order chi connectivity index (χ0) is 18.6. The number of anilines is 1. The third-order valence-electron chi connectivity index (χ3n) is 4.26. The van der Waals surface area contributed by atoms with Gasteiger partial charge in [-0.1, -0.05) is 76.2 Å². The zero-order valence-electron chi connectivity index (χ0n) is 15.1. The van der Waals surface area contributed by atoms with E-state index in [0.717, 1.165) is 16.8 Å². The van der Waals surface area contributed by atoms with Crippen LogP contribution in [0.25, 0.3) is 0 Å². The Balaban J connectivity index is 2.44. The van der Waals surface area contributed by atoms with E-state index in [4.69, 9.17) is 0 Å². The normalized spacial score (nSPS) is 12.2. The quantitative estimate of drug-likeness (QED) is 0.747. The van der Waals surface area contributed by atoms with E-state index in [1.54, 1.807) is 30.3 Å². The average molecular weight is 339 g/mol. The van der Waals surface area contributed by atoms with Crippen LogP contribution in [-0.4, -0.2) is 17.0 Å². The highest BCUT2D eigenvalue weighted by molar-refractivity contribution is 6.09. The van der Waals surface area contributed by atoms with Crippen molar-refractivity contribution < 1.29 is 14.7 Å². The molecular weight excluding hydrogens is 314 g/mol. The van der Waals surface area contributed by atoms with Crippen molar-refractivity contribution in [1.82, 2.24) is 0 Å². The van der Waals surface area contributed by atoms with E-state index >= 15 is 0 Å². The molecule has 0 spiro atoms. The first-order valence-corrected chi connectivity index (χ1v) is 8.54. The van der Waals surface area contributed by atoms with E-state index in [0.29, 0.717) is 5.56 Å². The molecule has 0 saturated heterocycles. The van der Waals surface area contributed by atoms with Crippen LogP contribution in [0.1, 0.15) is 62.1 Å². The molecule has 4 nitrogen and oxygen atoms in total. The topological polar surface area (TPSA) is 66.4 Å². The highest BCUT2D eigenvalue weighted by atomic mass is 16.4. The molecule has 0 bridgehead atoms. The Hall–Kier alpha value is -2.62. The summed E-state index contributed by atoms with van der Waals surface area (Å²) in [4.78, 5) is 24.5. The number of rotatable bonds is 6. The number of amides is 1. The van der Waals surface area contributed by atoms with Gasteiger partial charge in [-0.05, 0) is 28.5 Å². The second kappa shape index (κ2) is 7.97. The molecule has 132 valence electrons. The van der Waals surface area contributed by atoms with E-state index in [-0.39, 0.29) is 11.8 Å². The summed E-state index contributed by atoms with van der Waals surface area (Å²) in [6.07, 6.45) is 0. The Kier molecular flexibility index (Phi) is 5.97. The fourth-order valence-corrected chi connectivity index (χ4v) is 2.94. The van der Waals surface area contributed by atoms with Crippen molar-refractivity contribution in [2.24, 2.45) is 0 Å². The van der Waals surface area contributed by atoms with Gasteiger partial charge in [-0.15, -0.1) is 0 Å². The predicted molar refractivity (Wildman–Crippen MR) is 100 cm³/mol. The first-order chi connectivity index (χ1) is 11.8. The summed E-state index contributed by atoms with van der Waals surface area (Å²) in [7, 11) is 0. The summed E-state index contributed by atoms with van der Waals surface area (Å²) in [6.45, 7) is 8.23. The Morgan fingerprint density at radius 1 is 0.840 bits per heavy atom. The Morgan fingerprint density at radius 2 is 1.36 bits per heavy atom. The molecule has 0 aliphatic rings. The number of hydrogen-bond acceptors (Lipinski definition) is 2. The second-order valence-corrected chi connectivity index (χ2v) is 6.79. The molecule has 4 heteroatoms. The number of para-hydroxylation sites is 1. The van der Waals surface area contributed by atoms with Crippen LogP contribution in [0.5, 0.6) is 0 Å². The lowest BCUT2D eigenvalue weighted by molar-refractivity contribution is -0.141. The van der Waals surface area contributed by atoms with Crippen molar-refractivity contribution in [1.29, 1.82) is 0 Å². The molecule has 25 heavy (non-hydrogen) atoms. The SMILES string of the molecule is CC(C)c1cccc(C(C)C)c1NC(=O)C(C(=O)O)c1ccccc1. The second-order valence-electron chi connectivity index (χ2n) is 6.79. The van der Waals surface area contributed by atoms with Crippen LogP contribution in [0.15, 0.2) is 48.5 Å². The molecule has 0 aliphatic heterocycles. The molecule has 2 N–H and O–H groups in total. The smallest absolute Gasteiger partial charge is 0.320 e. The van der Waals surface area contributed by atoms with Crippen molar-refractivity contribution in [3.63, 3.8) is 0 Å². The average Bonchev–Trinajstić information content (AvgIpc) is 2.55. The van der Waals surface area contributed by atoms with Gasteiger partial charge in [-0.2, -0.15) is 0 Å². The lowest BCUT2D eigenvalue weighted by Crippen LogP contribution is -2.28. The summed E-state index contributed by atoms with van der Waals surface area (Å²) >= 11 is 0. The number of nitrogens with one attached hydrogen (secondary N) is 1. The first-order valence-electron chi connectivity index (χ1n) is 8.54. The zero-order valence-corrected chi connectivity index (χ0v) is 15.1. The monoisotopic (exact) mass is 339 g/mol. The summed E-state index contributed by atoms with van der Waals surface area (Å²) in [5, 5.41) is 12.5. The van der Waals surface area contributed by atoms with Gasteiger partial charge < -0.3 is 10.4 Å². The van der Waals surface area contributed by atoms with Crippen LogP contribution in [0.3, 0.4) is 0 Å². The van der Waals surface area contributed by atoms with Gasteiger partial charge in [-0.3, -0.25) is 9.59 Å². The van der Waals surface area contributed by atoms with Crippen molar-refractivity contribution in [3.05, 3.63) is 65.2 Å². The molecule has 1 unspecified atom stereocenters. The van der Waals surface area contributed by atoms with Crippen molar-refractivity contribution >= 4 is 17.6 Å². The minimum Gasteiger partial charge on any atom is -0.480 e. The van der Waals surface area contributed by atoms with Gasteiger partial charge in [0, 0.05) is 5.69 Å². The summed E-state index contributed by atoms with van der Waals surface area (Å²) in [6, 6.07) is 14.5. The van der Waals surface area contributed by atoms with E-state index in [1.807, 2.05) is 18.2 Å². The predicted octanol–water partition coefficient (Wildman–Crippen LogP) is 4.74. The first kappa shape index (κ1) is 18.7. The number of benzene rings is 2. The van der Waals surface area contributed by atoms with Gasteiger partial charge in [0.25, 0.3) is 0 Å². The van der Waals surface area contributed by atoms with Gasteiger partial charge in [0.2, 0.25) is 5.91 Å². The maximum Gasteiger partial charge on any atom is 0.320 e. The Morgan fingerprint density at radius 3 is 1.80 bits per heavy atom. The van der Waals surface area contributed by atoms with E-state index in [1.165, 1.54) is 0 Å². The molecule has 1 atom stereocenters. The highest BCUT2D eigenvalue weighted by Crippen LogP contribution is 2.33. The lowest BCUT2D eigenvalue weighted by atomic mass is 9.91. The molecule has 0 saturated carbocycles. The lowest BCUT2D eigenvalue weighted by Gasteiger charge is -2.22. The molecule has 0 aliphatic carbocycles. The van der Waals surface area contributed by atoms with Crippen LogP contribution in [-0.2, 0) is 9.59 Å². The standard InChI is InChI=1S/C21H25NO3/c1-13(2)16-11-8-12-17(14(3)4)19(16)22-20(23)18(21(24)25)15-9-6-5-7-10-15/h5-14,18H,1-4H3,(H,22,23)(H,24,25). The minimum atomic E-state index is -1.23. The molecular formula is C21H25NO3. The maximum atomic E-state index is 12.8. The Bertz CT molecular complexity index is 725. The van der Waals surface area contributed by atoms with E-state index < -0.39 is 17.8 Å². The van der Waals surface area contributed by atoms with Crippen LogP contribution < -0.4 is 5.32 Å². The minimum absolute atomic E-state index is 0.217. The molecule has 2 rings (SSSR count). The third kappa shape index (κ3) is 4.27. The van der Waals surface area contributed by atoms with Crippen LogP contribution in [0.2, 0.25) is 0 Å². The molecule has 0 heterocycles. The Labute approximate surface area is 148 Å². The van der Waals surface area contributed by atoms with Gasteiger partial charge in [0.15, 0.2) is 5.92 Å². The number of hydrogen-bond donors (Lipinski definition) is 2. The molecule has 0 radical (unpaired) electrons. The van der Waals surface area contributed by atoms with E-state index in [9.17, 15) is 14.7 Å². The number of aliphatic carboxylic acids is 1. The summed E-state index contributed by atoms with van der Waals surface area (Å²) in [5.74, 6) is -2.48. The van der Waals surface area contributed by atoms with Crippen LogP contribution in [0.4, 0.5) is 5.69 Å². The number of carboxylic acid groups (broad SMARTS) is 1. The van der Waals surface area contributed by atoms with Crippen molar-refractivity contribution in [3.8, 4) is 0 Å². The fourth-order valence-electron chi connectivity index (χ4n) is 2.94. The number of carbonyl (C=O) groups excluding carboxylic acids is 1. The molecule has 2 aromatic rings. The van der Waals surface area contributed by atoms with E-state index in [2.05, 4.69) is 33.0 Å².